The summed E-state index contributed by atoms with van der Waals surface area (Å²) in [4.78, 5) is 13.4. The summed E-state index contributed by atoms with van der Waals surface area (Å²) in [6, 6.07) is 8.60. The molecular formula is C17H25FN2O3. The van der Waals surface area contributed by atoms with E-state index in [9.17, 15) is 19.4 Å². The minimum absolute atomic E-state index is 0.0277. The van der Waals surface area contributed by atoms with E-state index in [1.54, 1.807) is 4.90 Å². The van der Waals surface area contributed by atoms with E-state index < -0.39 is 24.4 Å². The Morgan fingerprint density at radius 1 is 1.30 bits per heavy atom. The number of nitrogens with one attached hydrogen (secondary N) is 1. The van der Waals surface area contributed by atoms with Crippen molar-refractivity contribution in [2.45, 2.75) is 43.6 Å². The molecule has 1 aromatic rings. The Hall–Kier alpha value is -1.50. The van der Waals surface area contributed by atoms with Crippen molar-refractivity contribution in [3.63, 3.8) is 0 Å². The lowest BCUT2D eigenvalue weighted by Gasteiger charge is -2.29. The van der Waals surface area contributed by atoms with Gasteiger partial charge in [-0.05, 0) is 24.9 Å². The van der Waals surface area contributed by atoms with Crippen LogP contribution in [0.1, 0.15) is 18.4 Å². The Morgan fingerprint density at radius 2 is 2.00 bits per heavy atom. The van der Waals surface area contributed by atoms with Crippen molar-refractivity contribution in [1.82, 2.24) is 10.2 Å². The van der Waals surface area contributed by atoms with E-state index in [2.05, 4.69) is 5.32 Å². The summed E-state index contributed by atoms with van der Waals surface area (Å²) in [7, 11) is 1.51. The van der Waals surface area contributed by atoms with Crippen molar-refractivity contribution in [1.29, 1.82) is 0 Å². The zero-order chi connectivity index (χ0) is 16.8. The van der Waals surface area contributed by atoms with E-state index in [1.165, 1.54) is 12.6 Å². The number of nitrogens with zero attached hydrogens (tertiary/aromatic N) is 1. The van der Waals surface area contributed by atoms with Crippen molar-refractivity contribution in [3.05, 3.63) is 35.9 Å². The van der Waals surface area contributed by atoms with E-state index in [0.29, 0.717) is 6.54 Å². The highest BCUT2D eigenvalue weighted by Crippen LogP contribution is 2.30. The van der Waals surface area contributed by atoms with Crippen LogP contribution < -0.4 is 5.32 Å². The molecule has 0 bridgehead atoms. The second-order valence-electron chi connectivity index (χ2n) is 5.96. The third kappa shape index (κ3) is 4.28. The highest BCUT2D eigenvalue weighted by Gasteiger charge is 2.48. The number of carbonyl (C=O) groups is 1. The molecule has 5 nitrogen and oxygen atoms in total. The number of aryl methyl sites for hydroxylation is 1. The highest BCUT2D eigenvalue weighted by atomic mass is 19.1. The molecule has 0 aromatic heterocycles. The summed E-state index contributed by atoms with van der Waals surface area (Å²) in [5.41, 5.74) is 1.19. The molecule has 6 heteroatoms. The Kier molecular flexibility index (Phi) is 6.50. The molecule has 0 radical (unpaired) electrons. The highest BCUT2D eigenvalue weighted by molar-refractivity contribution is 5.76. The molecule has 2 rings (SSSR count). The minimum Gasteiger partial charge on any atom is -0.395 e. The number of amides is 1. The molecule has 1 aliphatic heterocycles. The largest absolute Gasteiger partial charge is 0.395 e. The van der Waals surface area contributed by atoms with E-state index in [-0.39, 0.29) is 18.9 Å². The first-order chi connectivity index (χ1) is 11.1. The fraction of sp³-hybridized carbons (Fsp3) is 0.588. The van der Waals surface area contributed by atoms with Gasteiger partial charge in [0, 0.05) is 19.5 Å². The fourth-order valence-corrected chi connectivity index (χ4v) is 3.24. The lowest BCUT2D eigenvalue weighted by molar-refractivity contribution is -0.122. The number of hydrogen-bond donors (Lipinski definition) is 3. The van der Waals surface area contributed by atoms with Crippen molar-refractivity contribution in [3.8, 4) is 0 Å². The maximum absolute atomic E-state index is 14.2. The van der Waals surface area contributed by atoms with Gasteiger partial charge < -0.3 is 15.5 Å². The average Bonchev–Trinajstić information content (AvgIpc) is 2.80. The number of carbonyl (C=O) groups excluding carboxylic acids is 1. The Bertz CT molecular complexity index is 500. The lowest BCUT2D eigenvalue weighted by Crippen LogP contribution is -2.43. The smallest absolute Gasteiger partial charge is 0.221 e. The first-order valence-electron chi connectivity index (χ1n) is 8.01. The van der Waals surface area contributed by atoms with Gasteiger partial charge >= 0.3 is 0 Å². The fourth-order valence-electron chi connectivity index (χ4n) is 3.24. The summed E-state index contributed by atoms with van der Waals surface area (Å²) >= 11 is 0. The summed E-state index contributed by atoms with van der Waals surface area (Å²) < 4.78 is 14.2. The minimum atomic E-state index is -1.54. The number of halogens is 1. The first kappa shape index (κ1) is 17.8. The Balaban J connectivity index is 2.00. The molecular weight excluding hydrogens is 299 g/mol. The molecule has 3 N–H and O–H groups in total. The first-order valence-corrected chi connectivity index (χ1v) is 8.01. The number of aliphatic hydroxyl groups is 2. The molecule has 23 heavy (non-hydrogen) atoms. The van der Waals surface area contributed by atoms with Crippen molar-refractivity contribution >= 4 is 5.91 Å². The molecule has 1 fully saturated rings. The van der Waals surface area contributed by atoms with Gasteiger partial charge in [0.05, 0.1) is 12.6 Å². The molecule has 0 spiro atoms. The summed E-state index contributed by atoms with van der Waals surface area (Å²) in [5, 5.41) is 22.0. The van der Waals surface area contributed by atoms with Crippen molar-refractivity contribution in [2.24, 2.45) is 0 Å². The van der Waals surface area contributed by atoms with Gasteiger partial charge in [-0.3, -0.25) is 9.69 Å². The van der Waals surface area contributed by atoms with E-state index in [0.717, 1.165) is 12.8 Å². The SMILES string of the molecule is CNC(=O)C[C@@H]1[C@@H](O)[C@H](F)[C@@H](CO)N1CCCc1ccccc1. The average molecular weight is 324 g/mol. The molecule has 4 atom stereocenters. The van der Waals surface area contributed by atoms with Gasteiger partial charge in [0.25, 0.3) is 0 Å². The number of aliphatic hydroxyl groups excluding tert-OH is 2. The van der Waals surface area contributed by atoms with Crippen LogP contribution >= 0.6 is 0 Å². The predicted molar refractivity (Wildman–Crippen MR) is 85.7 cm³/mol. The molecule has 1 aliphatic rings. The molecule has 0 unspecified atom stereocenters. The van der Waals surface area contributed by atoms with Crippen LogP contribution in [0.3, 0.4) is 0 Å². The van der Waals surface area contributed by atoms with Gasteiger partial charge in [-0.25, -0.2) is 4.39 Å². The molecule has 1 amide bonds. The summed E-state index contributed by atoms with van der Waals surface area (Å²) in [6.07, 6.45) is -1.16. The second-order valence-corrected chi connectivity index (χ2v) is 5.96. The van der Waals surface area contributed by atoms with Crippen LogP contribution in [0.2, 0.25) is 0 Å². The summed E-state index contributed by atoms with van der Waals surface area (Å²) in [6.45, 7) is 0.160. The van der Waals surface area contributed by atoms with Gasteiger partial charge in [0.1, 0.15) is 12.3 Å². The molecule has 0 aliphatic carbocycles. The molecule has 128 valence electrons. The van der Waals surface area contributed by atoms with E-state index in [4.69, 9.17) is 0 Å². The van der Waals surface area contributed by atoms with Crippen LogP contribution in [-0.2, 0) is 11.2 Å². The van der Waals surface area contributed by atoms with Crippen LogP contribution in [0.5, 0.6) is 0 Å². The van der Waals surface area contributed by atoms with E-state index in [1.807, 2.05) is 30.3 Å². The number of alkyl halides is 1. The van der Waals surface area contributed by atoms with Crippen LogP contribution in [0, 0.1) is 0 Å². The maximum Gasteiger partial charge on any atom is 0.221 e. The molecule has 0 saturated carbocycles. The lowest BCUT2D eigenvalue weighted by atomic mass is 10.1. The summed E-state index contributed by atoms with van der Waals surface area (Å²) in [5.74, 6) is -0.243. The second kappa shape index (κ2) is 8.38. The van der Waals surface area contributed by atoms with Gasteiger partial charge in [0.15, 0.2) is 0 Å². The third-order valence-corrected chi connectivity index (χ3v) is 4.53. The Labute approximate surface area is 136 Å². The number of hydrogen-bond acceptors (Lipinski definition) is 4. The standard InChI is InChI=1S/C17H25FN2O3/c1-19-15(22)10-13-17(23)16(18)14(11-21)20(13)9-5-8-12-6-3-2-4-7-12/h2-4,6-7,13-14,16-17,21,23H,5,8-11H2,1H3,(H,19,22)/t13-,14-,16-,17-/m1/s1. The zero-order valence-electron chi connectivity index (χ0n) is 13.4. The van der Waals surface area contributed by atoms with Crippen LogP contribution in [-0.4, -0.2) is 65.6 Å². The van der Waals surface area contributed by atoms with Gasteiger partial charge in [-0.15, -0.1) is 0 Å². The monoisotopic (exact) mass is 324 g/mol. The molecule has 1 aromatic carbocycles. The van der Waals surface area contributed by atoms with Crippen LogP contribution in [0.4, 0.5) is 4.39 Å². The maximum atomic E-state index is 14.2. The number of likely N-dealkylation sites (tertiary alicyclic amines) is 1. The topological polar surface area (TPSA) is 72.8 Å². The van der Waals surface area contributed by atoms with Gasteiger partial charge in [0.2, 0.25) is 5.91 Å². The van der Waals surface area contributed by atoms with Crippen molar-refractivity contribution in [2.75, 3.05) is 20.2 Å². The van der Waals surface area contributed by atoms with Crippen LogP contribution in [0.15, 0.2) is 30.3 Å². The van der Waals surface area contributed by atoms with Crippen LogP contribution in [0.25, 0.3) is 0 Å². The number of benzene rings is 1. The molecule has 1 heterocycles. The predicted octanol–water partition coefficient (Wildman–Crippen LogP) is 0.499. The van der Waals surface area contributed by atoms with Gasteiger partial charge in [-0.1, -0.05) is 30.3 Å². The Morgan fingerprint density at radius 3 is 2.61 bits per heavy atom. The van der Waals surface area contributed by atoms with E-state index >= 15 is 0 Å². The van der Waals surface area contributed by atoms with Crippen molar-refractivity contribution < 1.29 is 19.4 Å². The molecule has 1 saturated heterocycles. The normalized spacial score (nSPS) is 28.0. The zero-order valence-corrected chi connectivity index (χ0v) is 13.4. The third-order valence-electron chi connectivity index (χ3n) is 4.53. The quantitative estimate of drug-likeness (QED) is 0.683. The van der Waals surface area contributed by atoms with Gasteiger partial charge in [-0.2, -0.15) is 0 Å². The number of rotatable bonds is 7.